The van der Waals surface area contributed by atoms with Crippen molar-refractivity contribution in [1.82, 2.24) is 25.3 Å². The van der Waals surface area contributed by atoms with E-state index in [0.29, 0.717) is 17.2 Å². The third-order valence-electron chi connectivity index (χ3n) is 3.63. The molecule has 0 radical (unpaired) electrons. The summed E-state index contributed by atoms with van der Waals surface area (Å²) in [4.78, 5) is 28.6. The number of nitrogen functional groups attached to an aromatic ring is 1. The molecule has 3 aromatic heterocycles. The van der Waals surface area contributed by atoms with Crippen molar-refractivity contribution < 1.29 is 10.1 Å². The molecule has 3 aromatic rings. The van der Waals surface area contributed by atoms with Crippen LogP contribution in [0.15, 0.2) is 49.2 Å². The van der Waals surface area contributed by atoms with Gasteiger partial charge in [-0.3, -0.25) is 15.4 Å². The molecule has 0 bridgehead atoms. The third kappa shape index (κ3) is 4.38. The standard InChI is InChI=1S/C17H17N9O/c1-20-17(19)26-16(27)12-6-11(8-23-15(12)18)10-2-5-22-14(7-10)25-13-3-4-21-9-24-13/h2-9H,1H3,(H2,18,23)(H3,19,20,26,27)(H,21,22,24,25)/p+1. The van der Waals surface area contributed by atoms with Gasteiger partial charge in [0.1, 0.15) is 23.8 Å². The first-order valence-electron chi connectivity index (χ1n) is 8.01. The van der Waals surface area contributed by atoms with E-state index in [2.05, 4.69) is 30.6 Å². The Bertz CT molecular complexity index is 975. The number of pyridine rings is 2. The summed E-state index contributed by atoms with van der Waals surface area (Å²) in [6.45, 7) is 0. The van der Waals surface area contributed by atoms with Gasteiger partial charge in [0.05, 0.1) is 12.6 Å². The number of rotatable bonds is 4. The molecular weight excluding hydrogens is 346 g/mol. The van der Waals surface area contributed by atoms with Crippen LogP contribution in [-0.2, 0) is 0 Å². The van der Waals surface area contributed by atoms with Gasteiger partial charge in [-0.2, -0.15) is 0 Å². The van der Waals surface area contributed by atoms with Crippen LogP contribution >= 0.6 is 0 Å². The fourth-order valence-electron chi connectivity index (χ4n) is 2.25. The highest BCUT2D eigenvalue weighted by molar-refractivity contribution is 6.06. The molecule has 3 heterocycles. The summed E-state index contributed by atoms with van der Waals surface area (Å²) in [6, 6.07) is 6.95. The highest BCUT2D eigenvalue weighted by Gasteiger charge is 2.15. The van der Waals surface area contributed by atoms with E-state index in [9.17, 15) is 4.79 Å². The number of anilines is 3. The summed E-state index contributed by atoms with van der Waals surface area (Å²) in [7, 11) is 1.66. The molecule has 0 aliphatic carbocycles. The summed E-state index contributed by atoms with van der Waals surface area (Å²) in [6.07, 6.45) is 6.27. The quantitative estimate of drug-likeness (QED) is 0.324. The number of carbonyl (C=O) groups is 1. The number of nitrogens with zero attached hydrogens (tertiary/aromatic N) is 4. The van der Waals surface area contributed by atoms with Crippen LogP contribution in [0.3, 0.4) is 0 Å². The van der Waals surface area contributed by atoms with E-state index < -0.39 is 5.91 Å². The van der Waals surface area contributed by atoms with Crippen molar-refractivity contribution in [1.29, 1.82) is 5.41 Å². The first-order chi connectivity index (χ1) is 13.1. The topological polar surface area (TPSA) is 159 Å². The van der Waals surface area contributed by atoms with Crippen molar-refractivity contribution in [2.45, 2.75) is 0 Å². The molecule has 0 aromatic carbocycles. The molecule has 0 unspecified atom stereocenters. The second-order valence-corrected chi connectivity index (χ2v) is 5.46. The van der Waals surface area contributed by atoms with Gasteiger partial charge in [0, 0.05) is 24.2 Å². The van der Waals surface area contributed by atoms with Crippen molar-refractivity contribution in [3.05, 3.63) is 54.7 Å². The second-order valence-electron chi connectivity index (χ2n) is 5.46. The number of nitrogens with one attached hydrogen (secondary N) is 3. The molecule has 0 spiro atoms. The Morgan fingerprint density at radius 3 is 2.70 bits per heavy atom. The van der Waals surface area contributed by atoms with E-state index in [0.717, 1.165) is 5.56 Å². The van der Waals surface area contributed by atoms with E-state index in [1.807, 2.05) is 0 Å². The number of nitrogens with two attached hydrogens (primary N) is 2. The molecule has 0 aliphatic heterocycles. The maximum Gasteiger partial charge on any atom is 0.298 e. The Balaban J connectivity index is 1.88. The van der Waals surface area contributed by atoms with E-state index in [4.69, 9.17) is 11.1 Å². The lowest BCUT2D eigenvalue weighted by Crippen LogP contribution is -2.87. The monoisotopic (exact) mass is 364 g/mol. The summed E-state index contributed by atoms with van der Waals surface area (Å²) in [5, 5.41) is 14.6. The first-order valence-corrected chi connectivity index (χ1v) is 8.01. The highest BCUT2D eigenvalue weighted by Crippen LogP contribution is 2.24. The molecule has 136 valence electrons. The average Bonchev–Trinajstić information content (AvgIpc) is 2.69. The van der Waals surface area contributed by atoms with Crippen molar-refractivity contribution in [3.63, 3.8) is 0 Å². The number of hydrogen-bond donors (Lipinski definition) is 5. The Hall–Kier alpha value is -3.92. The predicted molar refractivity (Wildman–Crippen MR) is 100 cm³/mol. The number of amides is 1. The zero-order valence-electron chi connectivity index (χ0n) is 14.5. The lowest BCUT2D eigenvalue weighted by molar-refractivity contribution is -0.511. The zero-order chi connectivity index (χ0) is 19.2. The lowest BCUT2D eigenvalue weighted by atomic mass is 10.1. The first kappa shape index (κ1) is 17.9. The van der Waals surface area contributed by atoms with Crippen molar-refractivity contribution in [2.24, 2.45) is 0 Å². The molecule has 1 amide bonds. The lowest BCUT2D eigenvalue weighted by Gasteiger charge is -2.09. The van der Waals surface area contributed by atoms with E-state index >= 15 is 0 Å². The van der Waals surface area contributed by atoms with Crippen LogP contribution in [0.1, 0.15) is 10.4 Å². The van der Waals surface area contributed by atoms with Crippen molar-refractivity contribution in [2.75, 3.05) is 18.1 Å². The summed E-state index contributed by atoms with van der Waals surface area (Å²) in [5.74, 6) is 0.785. The number of hydrogen-bond acceptors (Lipinski definition) is 8. The van der Waals surface area contributed by atoms with Crippen LogP contribution in [0.4, 0.5) is 17.5 Å². The maximum absolute atomic E-state index is 12.3. The molecule has 0 atom stereocenters. The average molecular weight is 364 g/mol. The van der Waals surface area contributed by atoms with Gasteiger partial charge in [-0.1, -0.05) is 0 Å². The highest BCUT2D eigenvalue weighted by atomic mass is 16.1. The van der Waals surface area contributed by atoms with Crippen LogP contribution in [0, 0.1) is 5.41 Å². The van der Waals surface area contributed by atoms with E-state index in [1.165, 1.54) is 11.6 Å². The van der Waals surface area contributed by atoms with Gasteiger partial charge >= 0.3 is 0 Å². The van der Waals surface area contributed by atoms with Crippen LogP contribution in [0.25, 0.3) is 11.1 Å². The fraction of sp³-hybridized carbons (Fsp3) is 0.0588. The van der Waals surface area contributed by atoms with E-state index in [1.54, 1.807) is 49.9 Å². The normalized spacial score (nSPS) is 10.3. The maximum atomic E-state index is 12.3. The van der Waals surface area contributed by atoms with Crippen LogP contribution in [0.2, 0.25) is 0 Å². The number of guanidine groups is 1. The Labute approximate surface area is 154 Å². The molecule has 10 nitrogen and oxygen atoms in total. The van der Waals surface area contributed by atoms with Gasteiger partial charge in [-0.15, -0.1) is 0 Å². The smallest absolute Gasteiger partial charge is 0.298 e. The summed E-state index contributed by atoms with van der Waals surface area (Å²) >= 11 is 0. The van der Waals surface area contributed by atoms with Gasteiger partial charge in [-0.25, -0.2) is 25.3 Å². The molecule has 27 heavy (non-hydrogen) atoms. The van der Waals surface area contributed by atoms with E-state index in [-0.39, 0.29) is 17.3 Å². The minimum absolute atomic E-state index is 0.00921. The molecule has 0 saturated carbocycles. The minimum Gasteiger partial charge on any atom is -0.383 e. The molecule has 7 N–H and O–H groups in total. The number of carbonyl (C=O) groups excluding carboxylic acids is 1. The second kappa shape index (κ2) is 7.97. The molecular formula is C17H18N9O+. The molecule has 0 fully saturated rings. The van der Waals surface area contributed by atoms with Gasteiger partial charge < -0.3 is 11.1 Å². The Kier molecular flexibility index (Phi) is 5.28. The van der Waals surface area contributed by atoms with Crippen LogP contribution in [0.5, 0.6) is 0 Å². The van der Waals surface area contributed by atoms with Crippen LogP contribution < -0.4 is 21.7 Å². The molecule has 3 rings (SSSR count). The fourth-order valence-corrected chi connectivity index (χ4v) is 2.25. The van der Waals surface area contributed by atoms with Gasteiger partial charge in [0.15, 0.2) is 0 Å². The predicted octanol–water partition coefficient (Wildman–Crippen LogP) is 0.117. The summed E-state index contributed by atoms with van der Waals surface area (Å²) < 4.78 is 0. The minimum atomic E-state index is -0.488. The third-order valence-corrected chi connectivity index (χ3v) is 3.63. The van der Waals surface area contributed by atoms with Gasteiger partial charge in [0.25, 0.3) is 11.9 Å². The van der Waals surface area contributed by atoms with Crippen molar-refractivity contribution >= 4 is 29.3 Å². The zero-order valence-corrected chi connectivity index (χ0v) is 14.5. The van der Waals surface area contributed by atoms with Crippen molar-refractivity contribution in [3.8, 4) is 11.1 Å². The van der Waals surface area contributed by atoms with Gasteiger partial charge in [0.2, 0.25) is 0 Å². The SMILES string of the molecule is C[NH2+]C(=N)NC(=O)c1cc(-c2ccnc(Nc3ccncn3)c2)cnc1N. The Morgan fingerprint density at radius 1 is 1.11 bits per heavy atom. The van der Waals surface area contributed by atoms with Crippen LogP contribution in [-0.4, -0.2) is 38.9 Å². The number of quaternary nitrogens is 1. The molecule has 0 saturated heterocycles. The molecule has 10 heteroatoms. The number of aromatic nitrogens is 4. The largest absolute Gasteiger partial charge is 0.383 e. The summed E-state index contributed by atoms with van der Waals surface area (Å²) in [5.41, 5.74) is 7.50. The molecule has 0 aliphatic rings. The Morgan fingerprint density at radius 2 is 1.96 bits per heavy atom. The van der Waals surface area contributed by atoms with Gasteiger partial charge in [-0.05, 0) is 29.8 Å².